The second kappa shape index (κ2) is 5.89. The molecular formula is C17H15NO4. The first kappa shape index (κ1) is 14.1. The third-order valence-electron chi connectivity index (χ3n) is 3.64. The molecule has 1 aliphatic rings. The van der Waals surface area contributed by atoms with Crippen LogP contribution in [0.5, 0.6) is 5.75 Å². The molecule has 1 heterocycles. The second-order valence-corrected chi connectivity index (χ2v) is 5.09. The van der Waals surface area contributed by atoms with Gasteiger partial charge in [0.1, 0.15) is 5.75 Å². The second-order valence-electron chi connectivity index (χ2n) is 5.09. The van der Waals surface area contributed by atoms with Crippen LogP contribution in [0.1, 0.15) is 38.7 Å². The molecule has 5 heteroatoms. The Morgan fingerprint density at radius 3 is 2.68 bits per heavy atom. The zero-order chi connectivity index (χ0) is 15.5. The molecule has 1 aliphatic heterocycles. The van der Waals surface area contributed by atoms with Gasteiger partial charge < -0.3 is 15.2 Å². The molecule has 0 aromatic heterocycles. The third-order valence-corrected chi connectivity index (χ3v) is 3.64. The standard InChI is InChI=1S/C17H15NO4/c19-16(11-4-3-5-12(10-11)17(20)21)18-14-8-9-22-15-7-2-1-6-13(14)15/h1-7,10,14H,8-9H2,(H,18,19)(H,20,21)/t14-/m0/s1. The molecule has 2 aromatic carbocycles. The van der Waals surface area contributed by atoms with Crippen molar-refractivity contribution in [3.8, 4) is 5.75 Å². The van der Waals surface area contributed by atoms with Crippen LogP contribution in [0.25, 0.3) is 0 Å². The van der Waals surface area contributed by atoms with Crippen LogP contribution in [0.2, 0.25) is 0 Å². The van der Waals surface area contributed by atoms with Crippen LogP contribution < -0.4 is 10.1 Å². The van der Waals surface area contributed by atoms with E-state index in [1.807, 2.05) is 24.3 Å². The molecule has 3 rings (SSSR count). The van der Waals surface area contributed by atoms with Crippen LogP contribution in [0.4, 0.5) is 0 Å². The van der Waals surface area contributed by atoms with Crippen LogP contribution in [-0.4, -0.2) is 23.6 Å². The predicted molar refractivity (Wildman–Crippen MR) is 80.2 cm³/mol. The Morgan fingerprint density at radius 1 is 1.09 bits per heavy atom. The molecule has 5 nitrogen and oxygen atoms in total. The zero-order valence-corrected chi connectivity index (χ0v) is 11.8. The summed E-state index contributed by atoms with van der Waals surface area (Å²) in [5.41, 5.74) is 1.38. The minimum atomic E-state index is -1.05. The summed E-state index contributed by atoms with van der Waals surface area (Å²) in [5, 5.41) is 11.9. The van der Waals surface area contributed by atoms with Gasteiger partial charge in [0.25, 0.3) is 5.91 Å². The van der Waals surface area contributed by atoms with Crippen molar-refractivity contribution in [2.45, 2.75) is 12.5 Å². The van der Waals surface area contributed by atoms with Gasteiger partial charge in [-0.3, -0.25) is 4.79 Å². The first-order valence-corrected chi connectivity index (χ1v) is 7.01. The molecule has 0 saturated carbocycles. The summed E-state index contributed by atoms with van der Waals surface area (Å²) in [6, 6.07) is 13.5. The molecule has 0 aliphatic carbocycles. The number of carboxylic acid groups (broad SMARTS) is 1. The van der Waals surface area contributed by atoms with E-state index in [9.17, 15) is 9.59 Å². The van der Waals surface area contributed by atoms with E-state index < -0.39 is 5.97 Å². The molecule has 2 aromatic rings. The van der Waals surface area contributed by atoms with E-state index in [4.69, 9.17) is 9.84 Å². The number of fused-ring (bicyclic) bond motifs is 1. The summed E-state index contributed by atoms with van der Waals surface area (Å²) in [7, 11) is 0. The Hall–Kier alpha value is -2.82. The number of benzene rings is 2. The minimum Gasteiger partial charge on any atom is -0.493 e. The van der Waals surface area contributed by atoms with E-state index in [0.717, 1.165) is 11.3 Å². The molecule has 1 amide bonds. The average Bonchev–Trinajstić information content (AvgIpc) is 2.55. The molecule has 112 valence electrons. The van der Waals surface area contributed by atoms with Gasteiger partial charge in [-0.05, 0) is 24.3 Å². The molecule has 0 spiro atoms. The van der Waals surface area contributed by atoms with Gasteiger partial charge in [0, 0.05) is 17.5 Å². The molecule has 0 unspecified atom stereocenters. The summed E-state index contributed by atoms with van der Waals surface area (Å²) in [5.74, 6) is -0.561. The molecule has 0 radical (unpaired) electrons. The van der Waals surface area contributed by atoms with Gasteiger partial charge in [0.15, 0.2) is 0 Å². The number of nitrogens with one attached hydrogen (secondary N) is 1. The number of hydrogen-bond donors (Lipinski definition) is 2. The normalized spacial score (nSPS) is 16.3. The number of para-hydroxylation sites is 1. The molecule has 2 N–H and O–H groups in total. The van der Waals surface area contributed by atoms with Crippen LogP contribution >= 0.6 is 0 Å². The maximum atomic E-state index is 12.4. The highest BCUT2D eigenvalue weighted by Crippen LogP contribution is 2.31. The number of rotatable bonds is 3. The molecule has 0 saturated heterocycles. The molecule has 0 bridgehead atoms. The lowest BCUT2D eigenvalue weighted by Gasteiger charge is -2.26. The number of carbonyl (C=O) groups excluding carboxylic acids is 1. The molecule has 0 fully saturated rings. The number of aromatic carboxylic acids is 1. The monoisotopic (exact) mass is 297 g/mol. The predicted octanol–water partition coefficient (Wildman–Crippen LogP) is 2.64. The fourth-order valence-electron chi connectivity index (χ4n) is 2.53. The van der Waals surface area contributed by atoms with Gasteiger partial charge in [-0.2, -0.15) is 0 Å². The Labute approximate surface area is 127 Å². The van der Waals surface area contributed by atoms with Crippen molar-refractivity contribution < 1.29 is 19.4 Å². The Morgan fingerprint density at radius 2 is 1.86 bits per heavy atom. The van der Waals surface area contributed by atoms with Gasteiger partial charge >= 0.3 is 5.97 Å². The Balaban J connectivity index is 1.81. The largest absolute Gasteiger partial charge is 0.493 e. The number of carboxylic acids is 1. The van der Waals surface area contributed by atoms with Crippen molar-refractivity contribution in [1.82, 2.24) is 5.32 Å². The maximum Gasteiger partial charge on any atom is 0.335 e. The minimum absolute atomic E-state index is 0.0972. The topological polar surface area (TPSA) is 75.6 Å². The first-order valence-electron chi connectivity index (χ1n) is 7.01. The summed E-state index contributed by atoms with van der Waals surface area (Å²) in [6.07, 6.45) is 0.682. The summed E-state index contributed by atoms with van der Waals surface area (Å²) >= 11 is 0. The van der Waals surface area contributed by atoms with E-state index in [1.54, 1.807) is 12.1 Å². The van der Waals surface area contributed by atoms with Gasteiger partial charge in [0.05, 0.1) is 18.2 Å². The van der Waals surface area contributed by atoms with Gasteiger partial charge in [-0.15, -0.1) is 0 Å². The van der Waals surface area contributed by atoms with Crippen LogP contribution in [0.3, 0.4) is 0 Å². The summed E-state index contributed by atoms with van der Waals surface area (Å²) < 4.78 is 5.56. The highest BCUT2D eigenvalue weighted by Gasteiger charge is 2.23. The third kappa shape index (κ3) is 2.79. The van der Waals surface area contributed by atoms with Crippen molar-refractivity contribution in [2.75, 3.05) is 6.61 Å². The van der Waals surface area contributed by atoms with E-state index in [2.05, 4.69) is 5.32 Å². The van der Waals surface area contributed by atoms with E-state index in [0.29, 0.717) is 18.6 Å². The lowest BCUT2D eigenvalue weighted by atomic mass is 10.00. The molecule has 22 heavy (non-hydrogen) atoms. The van der Waals surface area contributed by atoms with Crippen molar-refractivity contribution in [1.29, 1.82) is 0 Å². The van der Waals surface area contributed by atoms with Crippen molar-refractivity contribution in [3.63, 3.8) is 0 Å². The van der Waals surface area contributed by atoms with Crippen LogP contribution in [0, 0.1) is 0 Å². The highest BCUT2D eigenvalue weighted by atomic mass is 16.5. The Bertz CT molecular complexity index is 726. The lowest BCUT2D eigenvalue weighted by molar-refractivity contribution is 0.0697. The lowest BCUT2D eigenvalue weighted by Crippen LogP contribution is -2.32. The van der Waals surface area contributed by atoms with E-state index in [-0.39, 0.29) is 17.5 Å². The molecular weight excluding hydrogens is 282 g/mol. The average molecular weight is 297 g/mol. The SMILES string of the molecule is O=C(O)c1cccc(C(=O)N[C@H]2CCOc3ccccc32)c1. The van der Waals surface area contributed by atoms with Crippen molar-refractivity contribution in [2.24, 2.45) is 0 Å². The molecule has 1 atom stereocenters. The van der Waals surface area contributed by atoms with E-state index >= 15 is 0 Å². The number of carbonyl (C=O) groups is 2. The van der Waals surface area contributed by atoms with Crippen molar-refractivity contribution >= 4 is 11.9 Å². The quantitative estimate of drug-likeness (QED) is 0.913. The van der Waals surface area contributed by atoms with Crippen molar-refractivity contribution in [3.05, 3.63) is 65.2 Å². The number of amides is 1. The number of ether oxygens (including phenoxy) is 1. The first-order chi connectivity index (χ1) is 10.6. The fraction of sp³-hybridized carbons (Fsp3) is 0.176. The van der Waals surface area contributed by atoms with Gasteiger partial charge in [-0.25, -0.2) is 4.79 Å². The summed E-state index contributed by atoms with van der Waals surface area (Å²) in [4.78, 5) is 23.3. The Kier molecular flexibility index (Phi) is 3.78. The van der Waals surface area contributed by atoms with E-state index in [1.165, 1.54) is 12.1 Å². The highest BCUT2D eigenvalue weighted by molar-refractivity contribution is 5.97. The van der Waals surface area contributed by atoms with Crippen LogP contribution in [0.15, 0.2) is 48.5 Å². The number of hydrogen-bond acceptors (Lipinski definition) is 3. The van der Waals surface area contributed by atoms with Gasteiger partial charge in [-0.1, -0.05) is 24.3 Å². The summed E-state index contributed by atoms with van der Waals surface area (Å²) in [6.45, 7) is 0.539. The van der Waals surface area contributed by atoms with Gasteiger partial charge in [0.2, 0.25) is 0 Å². The maximum absolute atomic E-state index is 12.4. The zero-order valence-electron chi connectivity index (χ0n) is 11.8. The smallest absolute Gasteiger partial charge is 0.335 e. The van der Waals surface area contributed by atoms with Crippen LogP contribution in [-0.2, 0) is 0 Å². The fourth-order valence-corrected chi connectivity index (χ4v) is 2.53.